The van der Waals surface area contributed by atoms with E-state index in [4.69, 9.17) is 19.6 Å². The van der Waals surface area contributed by atoms with Crippen LogP contribution in [0.25, 0.3) is 0 Å². The van der Waals surface area contributed by atoms with Crippen LogP contribution in [0.2, 0.25) is 0 Å². The Bertz CT molecular complexity index is 1190. The third kappa shape index (κ3) is 4.31. The number of halogens is 2. The zero-order chi connectivity index (χ0) is 23.7. The van der Waals surface area contributed by atoms with Gasteiger partial charge in [0.1, 0.15) is 21.5 Å². The summed E-state index contributed by atoms with van der Waals surface area (Å²) in [5, 5.41) is 14.9. The number of thioether (sulfide) groups is 1. The van der Waals surface area contributed by atoms with Gasteiger partial charge in [-0.15, -0.1) is 5.10 Å². The molecule has 0 spiro atoms. The van der Waals surface area contributed by atoms with Crippen LogP contribution in [0.1, 0.15) is 36.8 Å². The van der Waals surface area contributed by atoms with Crippen molar-refractivity contribution in [2.75, 3.05) is 11.6 Å². The molecule has 2 aliphatic rings. The number of anilines is 1. The number of nitrogens with two attached hydrogens (primary N) is 1. The predicted octanol–water partition coefficient (Wildman–Crippen LogP) is 4.12. The molecule has 0 aliphatic carbocycles. The molecule has 2 aliphatic heterocycles. The molecule has 0 saturated carbocycles. The second kappa shape index (κ2) is 9.41. The quantitative estimate of drug-likeness (QED) is 0.507. The maximum absolute atomic E-state index is 14.7. The maximum atomic E-state index is 14.7. The molecule has 34 heavy (non-hydrogen) atoms. The van der Waals surface area contributed by atoms with Gasteiger partial charge in [0.2, 0.25) is 5.89 Å². The molecule has 1 atom stereocenters. The summed E-state index contributed by atoms with van der Waals surface area (Å²) in [4.78, 5) is -0.851. The van der Waals surface area contributed by atoms with Gasteiger partial charge < -0.3 is 19.6 Å². The van der Waals surface area contributed by atoms with Gasteiger partial charge in [-0.3, -0.25) is 0 Å². The first-order valence-corrected chi connectivity index (χ1v) is 11.7. The summed E-state index contributed by atoms with van der Waals surface area (Å²) in [5.74, 6) is -0.812. The van der Waals surface area contributed by atoms with Crippen molar-refractivity contribution in [2.45, 2.75) is 43.6 Å². The van der Waals surface area contributed by atoms with E-state index in [1.165, 1.54) is 11.8 Å². The van der Waals surface area contributed by atoms with Crippen molar-refractivity contribution in [3.63, 3.8) is 0 Å². The van der Waals surface area contributed by atoms with Gasteiger partial charge in [0.25, 0.3) is 0 Å². The number of aromatic nitrogens is 2. The summed E-state index contributed by atoms with van der Waals surface area (Å²) in [6.07, 6.45) is 0.765. The van der Waals surface area contributed by atoms with Crippen LogP contribution in [0.4, 0.5) is 14.8 Å². The third-order valence-corrected chi connectivity index (χ3v) is 7.01. The number of hydrazone groups is 1. The predicted molar refractivity (Wildman–Crippen MR) is 123 cm³/mol. The van der Waals surface area contributed by atoms with Gasteiger partial charge in [-0.1, -0.05) is 47.2 Å². The Balaban J connectivity index is 1.57. The van der Waals surface area contributed by atoms with E-state index in [2.05, 4.69) is 15.3 Å². The molecule has 3 aromatic rings. The van der Waals surface area contributed by atoms with Crippen LogP contribution in [-0.4, -0.2) is 34.4 Å². The summed E-state index contributed by atoms with van der Waals surface area (Å²) in [5.41, 5.74) is 6.81. The van der Waals surface area contributed by atoms with Crippen molar-refractivity contribution in [2.24, 2.45) is 10.8 Å². The van der Waals surface area contributed by atoms with Crippen LogP contribution in [0.5, 0.6) is 0 Å². The Labute approximate surface area is 199 Å². The summed E-state index contributed by atoms with van der Waals surface area (Å²) in [6, 6.07) is 13.0. The van der Waals surface area contributed by atoms with E-state index < -0.39 is 22.8 Å². The smallest absolute Gasteiger partial charge is 0.340 e. The van der Waals surface area contributed by atoms with E-state index in [0.717, 1.165) is 23.8 Å². The van der Waals surface area contributed by atoms with Crippen LogP contribution < -0.4 is 10.7 Å². The van der Waals surface area contributed by atoms with Crippen molar-refractivity contribution in [1.29, 1.82) is 0 Å². The average molecular weight is 488 g/mol. The van der Waals surface area contributed by atoms with Gasteiger partial charge in [-0.25, -0.2) is 8.78 Å². The van der Waals surface area contributed by atoms with Crippen molar-refractivity contribution in [3.05, 3.63) is 77.2 Å². The molecule has 2 N–H and O–H groups in total. The van der Waals surface area contributed by atoms with Gasteiger partial charge in [0.05, 0.1) is 6.42 Å². The minimum atomic E-state index is -0.851. The van der Waals surface area contributed by atoms with Crippen LogP contribution in [0.3, 0.4) is 0 Å². The zero-order valence-corrected chi connectivity index (χ0v) is 19.2. The normalized spacial score (nSPS) is 24.2. The van der Waals surface area contributed by atoms with E-state index in [1.54, 1.807) is 11.9 Å². The minimum Gasteiger partial charge on any atom is -0.407 e. The largest absolute Gasteiger partial charge is 0.407 e. The van der Waals surface area contributed by atoms with Gasteiger partial charge in [0, 0.05) is 5.56 Å². The molecule has 2 aromatic carbocycles. The Morgan fingerprint density at radius 1 is 1.12 bits per heavy atom. The van der Waals surface area contributed by atoms with Crippen LogP contribution in [0, 0.1) is 11.6 Å². The first-order chi connectivity index (χ1) is 16.5. The number of ether oxygens (including phenoxy) is 2. The number of rotatable bonds is 8. The van der Waals surface area contributed by atoms with Crippen molar-refractivity contribution >= 4 is 22.8 Å². The summed E-state index contributed by atoms with van der Waals surface area (Å²) in [7, 11) is 0. The molecule has 3 heterocycles. The van der Waals surface area contributed by atoms with Crippen molar-refractivity contribution in [1.82, 2.24) is 10.2 Å². The number of hydrogen-bond donors (Lipinski definition) is 1. The molecule has 1 fully saturated rings. The average Bonchev–Trinajstić information content (AvgIpc) is 3.44. The molecule has 1 aromatic heterocycles. The highest BCUT2D eigenvalue weighted by Gasteiger charge is 2.48. The van der Waals surface area contributed by atoms with Gasteiger partial charge in [0.15, 0.2) is 12.6 Å². The molecule has 178 valence electrons. The molecule has 8 nitrogen and oxygen atoms in total. The van der Waals surface area contributed by atoms with Crippen LogP contribution in [0.15, 0.2) is 58.0 Å². The van der Waals surface area contributed by atoms with Crippen LogP contribution >= 0.6 is 11.8 Å². The fourth-order valence-corrected chi connectivity index (χ4v) is 5.39. The summed E-state index contributed by atoms with van der Waals surface area (Å²) >= 11 is 1.31. The second-order valence-corrected chi connectivity index (χ2v) is 9.20. The maximum Gasteiger partial charge on any atom is 0.340 e. The molecule has 11 heteroatoms. The lowest BCUT2D eigenvalue weighted by Gasteiger charge is -2.34. The number of benzene rings is 2. The summed E-state index contributed by atoms with van der Waals surface area (Å²) < 4.78 is 45.5. The Hall–Kier alpha value is -2.86. The standard InChI is InChI=1S/C23H23F2N5O3S/c1-14-31-20(32-14)13-19-27-28-22(33-19)30-23(10-5-11-26,15-6-3-2-4-7-15)34-21(29-30)17-12-16(24)8-9-18(17)25/h2-4,6-9,12,14,20H,5,10-11,13,26H2,1H3. The Kier molecular flexibility index (Phi) is 6.34. The van der Waals surface area contributed by atoms with Crippen molar-refractivity contribution in [3.8, 4) is 0 Å². The molecule has 1 unspecified atom stereocenters. The topological polar surface area (TPSA) is 99.0 Å². The lowest BCUT2D eigenvalue weighted by atomic mass is 10.0. The minimum absolute atomic E-state index is 0.0607. The van der Waals surface area contributed by atoms with E-state index in [9.17, 15) is 8.78 Å². The Morgan fingerprint density at radius 2 is 1.91 bits per heavy atom. The van der Waals surface area contributed by atoms with E-state index >= 15 is 0 Å². The summed E-state index contributed by atoms with van der Waals surface area (Å²) in [6.45, 7) is 2.24. The lowest BCUT2D eigenvalue weighted by Crippen LogP contribution is -2.40. The van der Waals surface area contributed by atoms with E-state index in [-0.39, 0.29) is 24.3 Å². The molecule has 5 rings (SSSR count). The molecular weight excluding hydrogens is 464 g/mol. The highest BCUT2D eigenvalue weighted by atomic mass is 32.2. The molecule has 0 bridgehead atoms. The molecular formula is C23H23F2N5O3S. The highest BCUT2D eigenvalue weighted by Crippen LogP contribution is 2.52. The van der Waals surface area contributed by atoms with Crippen LogP contribution in [-0.2, 0) is 20.8 Å². The molecule has 0 amide bonds. The zero-order valence-electron chi connectivity index (χ0n) is 18.4. The SMILES string of the molecule is CC1OC(Cc2nnc(N3N=C(c4cc(F)ccc4F)SC3(CCCN)c3ccccc3)o2)O1. The number of hydrogen-bond acceptors (Lipinski definition) is 9. The van der Waals surface area contributed by atoms with E-state index in [1.807, 2.05) is 30.3 Å². The van der Waals surface area contributed by atoms with Gasteiger partial charge in [-0.05, 0) is 50.1 Å². The van der Waals surface area contributed by atoms with Crippen molar-refractivity contribution < 1.29 is 22.7 Å². The van der Waals surface area contributed by atoms with E-state index in [0.29, 0.717) is 30.3 Å². The highest BCUT2D eigenvalue weighted by molar-refractivity contribution is 8.15. The first kappa shape index (κ1) is 22.9. The monoisotopic (exact) mass is 487 g/mol. The fourth-order valence-electron chi connectivity index (χ4n) is 3.97. The van der Waals surface area contributed by atoms with Gasteiger partial charge >= 0.3 is 6.01 Å². The Morgan fingerprint density at radius 3 is 2.65 bits per heavy atom. The molecule has 0 radical (unpaired) electrons. The molecule has 1 saturated heterocycles. The fraction of sp³-hybridized carbons (Fsp3) is 0.348. The lowest BCUT2D eigenvalue weighted by molar-refractivity contribution is -0.375. The second-order valence-electron chi connectivity index (χ2n) is 7.94. The third-order valence-electron chi connectivity index (χ3n) is 5.57. The number of nitrogens with zero attached hydrogens (tertiary/aromatic N) is 4. The first-order valence-electron chi connectivity index (χ1n) is 10.9. The van der Waals surface area contributed by atoms with Gasteiger partial charge in [-0.2, -0.15) is 10.1 Å².